The molecule has 0 radical (unpaired) electrons. The molecule has 2 aromatic rings. The van der Waals surface area contributed by atoms with Gasteiger partial charge in [0.25, 0.3) is 0 Å². The average Bonchev–Trinajstić information content (AvgIpc) is 2.69. The van der Waals surface area contributed by atoms with Crippen molar-refractivity contribution < 1.29 is 5.11 Å². The SMILES string of the molecule is CN(C)c1ccc(C(O)c2ncc(Cl)n2C)cn1. The molecule has 96 valence electrons. The Morgan fingerprint density at radius 1 is 1.28 bits per heavy atom. The predicted octanol–water partition coefficient (Wildman–Crippen LogP) is 1.62. The summed E-state index contributed by atoms with van der Waals surface area (Å²) in [5.74, 6) is 1.34. The lowest BCUT2D eigenvalue weighted by Gasteiger charge is -2.14. The van der Waals surface area contributed by atoms with E-state index in [1.807, 2.05) is 31.1 Å². The van der Waals surface area contributed by atoms with E-state index in [0.29, 0.717) is 16.5 Å². The molecule has 5 nitrogen and oxygen atoms in total. The third-order valence-electron chi connectivity index (χ3n) is 2.76. The number of halogens is 1. The highest BCUT2D eigenvalue weighted by Crippen LogP contribution is 2.23. The summed E-state index contributed by atoms with van der Waals surface area (Å²) in [6.45, 7) is 0. The molecular formula is C12H15ClN4O. The van der Waals surface area contributed by atoms with Crippen LogP contribution < -0.4 is 4.90 Å². The molecule has 0 aliphatic heterocycles. The fraction of sp³-hybridized carbons (Fsp3) is 0.333. The number of imidazole rings is 1. The fourth-order valence-corrected chi connectivity index (χ4v) is 1.76. The molecule has 1 atom stereocenters. The number of nitrogens with zero attached hydrogens (tertiary/aromatic N) is 4. The minimum atomic E-state index is -0.828. The second-order valence-corrected chi connectivity index (χ2v) is 4.63. The molecule has 0 saturated heterocycles. The van der Waals surface area contributed by atoms with Gasteiger partial charge < -0.3 is 14.6 Å². The third kappa shape index (κ3) is 2.32. The molecule has 0 aliphatic carbocycles. The minimum Gasteiger partial charge on any atom is -0.380 e. The Balaban J connectivity index is 2.29. The lowest BCUT2D eigenvalue weighted by atomic mass is 10.1. The van der Waals surface area contributed by atoms with Gasteiger partial charge in [0.15, 0.2) is 0 Å². The minimum absolute atomic E-state index is 0.488. The van der Waals surface area contributed by atoms with E-state index < -0.39 is 6.10 Å². The number of hydrogen-bond acceptors (Lipinski definition) is 4. The molecule has 1 unspecified atom stereocenters. The van der Waals surface area contributed by atoms with Crippen molar-refractivity contribution in [3.8, 4) is 0 Å². The van der Waals surface area contributed by atoms with Crippen LogP contribution in [-0.4, -0.2) is 33.7 Å². The molecule has 0 bridgehead atoms. The maximum Gasteiger partial charge on any atom is 0.143 e. The molecule has 0 spiro atoms. The van der Waals surface area contributed by atoms with Crippen LogP contribution in [0.2, 0.25) is 5.15 Å². The van der Waals surface area contributed by atoms with Gasteiger partial charge in [-0.25, -0.2) is 9.97 Å². The number of hydrogen-bond donors (Lipinski definition) is 1. The molecule has 18 heavy (non-hydrogen) atoms. The Morgan fingerprint density at radius 3 is 2.44 bits per heavy atom. The first-order valence-corrected chi connectivity index (χ1v) is 5.87. The molecule has 2 heterocycles. The van der Waals surface area contributed by atoms with Crippen LogP contribution in [-0.2, 0) is 7.05 Å². The van der Waals surface area contributed by atoms with Gasteiger partial charge in [-0.05, 0) is 6.07 Å². The molecule has 2 rings (SSSR count). The van der Waals surface area contributed by atoms with Crippen molar-refractivity contribution in [1.29, 1.82) is 0 Å². The summed E-state index contributed by atoms with van der Waals surface area (Å²) in [7, 11) is 5.59. The Morgan fingerprint density at radius 2 is 2.00 bits per heavy atom. The summed E-state index contributed by atoms with van der Waals surface area (Å²) < 4.78 is 1.64. The van der Waals surface area contributed by atoms with Crippen molar-refractivity contribution in [2.24, 2.45) is 7.05 Å². The molecule has 1 N–H and O–H groups in total. The first kappa shape index (κ1) is 12.9. The van der Waals surface area contributed by atoms with Gasteiger partial charge in [0, 0.05) is 32.9 Å². The van der Waals surface area contributed by atoms with Gasteiger partial charge in [-0.1, -0.05) is 17.7 Å². The van der Waals surface area contributed by atoms with Crippen LogP contribution >= 0.6 is 11.6 Å². The van der Waals surface area contributed by atoms with Crippen LogP contribution in [0.4, 0.5) is 5.82 Å². The zero-order valence-corrected chi connectivity index (χ0v) is 11.3. The molecule has 0 aliphatic rings. The Labute approximate surface area is 111 Å². The Hall–Kier alpha value is -1.59. The van der Waals surface area contributed by atoms with Crippen molar-refractivity contribution in [3.63, 3.8) is 0 Å². The van der Waals surface area contributed by atoms with Gasteiger partial charge in [0.1, 0.15) is 22.9 Å². The van der Waals surface area contributed by atoms with Crippen molar-refractivity contribution >= 4 is 17.4 Å². The Bertz CT molecular complexity index is 536. The number of rotatable bonds is 3. The van der Waals surface area contributed by atoms with Crippen LogP contribution in [0.5, 0.6) is 0 Å². The summed E-state index contributed by atoms with van der Waals surface area (Å²) in [5.41, 5.74) is 0.686. The molecule has 0 aromatic carbocycles. The second kappa shape index (κ2) is 4.96. The van der Waals surface area contributed by atoms with Gasteiger partial charge in [-0.3, -0.25) is 0 Å². The molecule has 0 fully saturated rings. The molecular weight excluding hydrogens is 252 g/mol. The molecule has 6 heteroatoms. The third-order valence-corrected chi connectivity index (χ3v) is 3.11. The van der Waals surface area contributed by atoms with Crippen molar-refractivity contribution in [1.82, 2.24) is 14.5 Å². The topological polar surface area (TPSA) is 54.2 Å². The standard InChI is InChI=1S/C12H15ClN4O/c1-16(2)10-5-4-8(6-14-10)11(18)12-15-7-9(13)17(12)3/h4-7,11,18H,1-3H3. The highest BCUT2D eigenvalue weighted by molar-refractivity contribution is 6.29. The number of aliphatic hydroxyl groups excluding tert-OH is 1. The van der Waals surface area contributed by atoms with E-state index in [9.17, 15) is 5.11 Å². The van der Waals surface area contributed by atoms with Crippen molar-refractivity contribution in [2.75, 3.05) is 19.0 Å². The highest BCUT2D eigenvalue weighted by Gasteiger charge is 2.17. The maximum atomic E-state index is 10.2. The van der Waals surface area contributed by atoms with Crippen LogP contribution in [0.1, 0.15) is 17.5 Å². The summed E-state index contributed by atoms with van der Waals surface area (Å²) in [6.07, 6.45) is 2.33. The van der Waals surface area contributed by atoms with Crippen LogP contribution in [0.3, 0.4) is 0 Å². The average molecular weight is 267 g/mol. The highest BCUT2D eigenvalue weighted by atomic mass is 35.5. The first-order valence-electron chi connectivity index (χ1n) is 5.49. The Kier molecular flexibility index (Phi) is 3.54. The van der Waals surface area contributed by atoms with E-state index in [4.69, 9.17) is 11.6 Å². The summed E-state index contributed by atoms with van der Waals surface area (Å²) in [5, 5.41) is 10.7. The maximum absolute atomic E-state index is 10.2. The van der Waals surface area contributed by atoms with Crippen molar-refractivity contribution in [2.45, 2.75) is 6.10 Å². The molecule has 2 aromatic heterocycles. The quantitative estimate of drug-likeness (QED) is 0.917. The number of anilines is 1. The summed E-state index contributed by atoms with van der Waals surface area (Å²) >= 11 is 5.89. The molecule has 0 amide bonds. The number of pyridine rings is 1. The monoisotopic (exact) mass is 266 g/mol. The van der Waals surface area contributed by atoms with Crippen LogP contribution in [0.15, 0.2) is 24.5 Å². The van der Waals surface area contributed by atoms with E-state index >= 15 is 0 Å². The summed E-state index contributed by atoms with van der Waals surface area (Å²) in [4.78, 5) is 10.2. The fourth-order valence-electron chi connectivity index (χ4n) is 1.63. The van der Waals surface area contributed by atoms with Gasteiger partial charge >= 0.3 is 0 Å². The van der Waals surface area contributed by atoms with Gasteiger partial charge in [0.2, 0.25) is 0 Å². The second-order valence-electron chi connectivity index (χ2n) is 4.24. The lowest BCUT2D eigenvalue weighted by Crippen LogP contribution is -2.12. The van der Waals surface area contributed by atoms with Crippen LogP contribution in [0.25, 0.3) is 0 Å². The normalized spacial score (nSPS) is 12.5. The van der Waals surface area contributed by atoms with Crippen molar-refractivity contribution in [3.05, 3.63) is 41.1 Å². The van der Waals surface area contributed by atoms with Gasteiger partial charge in [-0.15, -0.1) is 0 Å². The van der Waals surface area contributed by atoms with E-state index in [-0.39, 0.29) is 0 Å². The van der Waals surface area contributed by atoms with Crippen LogP contribution in [0, 0.1) is 0 Å². The lowest BCUT2D eigenvalue weighted by molar-refractivity contribution is 0.206. The zero-order valence-electron chi connectivity index (χ0n) is 10.5. The zero-order chi connectivity index (χ0) is 13.3. The largest absolute Gasteiger partial charge is 0.380 e. The van der Waals surface area contributed by atoms with E-state index in [2.05, 4.69) is 9.97 Å². The van der Waals surface area contributed by atoms with E-state index in [1.165, 1.54) is 6.20 Å². The van der Waals surface area contributed by atoms with Gasteiger partial charge in [0.05, 0.1) is 6.20 Å². The predicted molar refractivity (Wildman–Crippen MR) is 70.8 cm³/mol. The number of aromatic nitrogens is 3. The van der Waals surface area contributed by atoms with Gasteiger partial charge in [-0.2, -0.15) is 0 Å². The summed E-state index contributed by atoms with van der Waals surface area (Å²) in [6, 6.07) is 3.68. The smallest absolute Gasteiger partial charge is 0.143 e. The molecule has 0 saturated carbocycles. The number of aliphatic hydroxyl groups is 1. The van der Waals surface area contributed by atoms with E-state index in [0.717, 1.165) is 5.82 Å². The first-order chi connectivity index (χ1) is 8.50. The van der Waals surface area contributed by atoms with E-state index in [1.54, 1.807) is 17.8 Å².